The van der Waals surface area contributed by atoms with Crippen LogP contribution in [0.2, 0.25) is 0 Å². The maximum Gasteiger partial charge on any atom is 0.243 e. The van der Waals surface area contributed by atoms with Crippen molar-refractivity contribution in [2.45, 2.75) is 11.3 Å². The highest BCUT2D eigenvalue weighted by molar-refractivity contribution is 7.89. The van der Waals surface area contributed by atoms with Gasteiger partial charge in [0, 0.05) is 49.0 Å². The number of para-hydroxylation sites is 1. The highest BCUT2D eigenvalue weighted by atomic mass is 32.2. The van der Waals surface area contributed by atoms with Crippen LogP contribution < -0.4 is 5.32 Å². The molecular formula is C21H24N4O3S. The average molecular weight is 413 g/mol. The maximum absolute atomic E-state index is 12.8. The Hall–Kier alpha value is -2.68. The first-order chi connectivity index (χ1) is 13.9. The Morgan fingerprint density at radius 2 is 1.72 bits per heavy atom. The summed E-state index contributed by atoms with van der Waals surface area (Å²) >= 11 is 0. The largest absolute Gasteiger partial charge is 0.361 e. The number of rotatable bonds is 5. The summed E-state index contributed by atoms with van der Waals surface area (Å²) in [5.41, 5.74) is 2.49. The molecule has 2 aromatic carbocycles. The minimum atomic E-state index is -3.51. The van der Waals surface area contributed by atoms with Gasteiger partial charge in [0.05, 0.1) is 11.3 Å². The van der Waals surface area contributed by atoms with E-state index < -0.39 is 10.0 Å². The summed E-state index contributed by atoms with van der Waals surface area (Å²) in [7, 11) is -1.52. The van der Waals surface area contributed by atoms with Gasteiger partial charge in [-0.3, -0.25) is 4.79 Å². The van der Waals surface area contributed by atoms with Crippen LogP contribution in [0.3, 0.4) is 0 Å². The molecule has 1 aliphatic rings. The number of likely N-dealkylation sites (N-methyl/N-ethyl adjacent to an activating group) is 1. The number of benzene rings is 2. The number of anilines is 1. The molecule has 0 saturated carbocycles. The lowest BCUT2D eigenvalue weighted by molar-refractivity contribution is -0.115. The first-order valence-corrected chi connectivity index (χ1v) is 11.0. The van der Waals surface area contributed by atoms with Crippen LogP contribution >= 0.6 is 0 Å². The predicted molar refractivity (Wildman–Crippen MR) is 113 cm³/mol. The van der Waals surface area contributed by atoms with Crippen LogP contribution in [0.15, 0.2) is 59.6 Å². The molecule has 7 nitrogen and oxygen atoms in total. The lowest BCUT2D eigenvalue weighted by atomic mass is 10.1. The van der Waals surface area contributed by atoms with Crippen LogP contribution in [-0.2, 0) is 21.2 Å². The molecule has 0 spiro atoms. The summed E-state index contributed by atoms with van der Waals surface area (Å²) in [5.74, 6) is -0.149. The molecule has 0 aliphatic carbocycles. The minimum Gasteiger partial charge on any atom is -0.361 e. The number of nitrogens with zero attached hydrogens (tertiary/aromatic N) is 2. The van der Waals surface area contributed by atoms with Gasteiger partial charge in [0.2, 0.25) is 15.9 Å². The number of piperazine rings is 1. The predicted octanol–water partition coefficient (Wildman–Crippen LogP) is 2.29. The van der Waals surface area contributed by atoms with Gasteiger partial charge in [-0.2, -0.15) is 4.31 Å². The van der Waals surface area contributed by atoms with E-state index in [0.717, 1.165) is 29.6 Å². The number of aromatic nitrogens is 1. The van der Waals surface area contributed by atoms with Gasteiger partial charge in [-0.1, -0.05) is 18.2 Å². The number of nitrogens with one attached hydrogen (secondary N) is 2. The average Bonchev–Trinajstić information content (AvgIpc) is 3.11. The van der Waals surface area contributed by atoms with Crippen LogP contribution in [0, 0.1) is 0 Å². The van der Waals surface area contributed by atoms with E-state index in [0.29, 0.717) is 18.8 Å². The molecule has 4 rings (SSSR count). The molecule has 0 atom stereocenters. The van der Waals surface area contributed by atoms with Gasteiger partial charge in [-0.05, 0) is 42.9 Å². The normalized spacial score (nSPS) is 16.2. The molecule has 1 aliphatic heterocycles. The standard InChI is InChI=1S/C21H24N4O3S/c1-24-10-12-25(13-11-24)29(27,28)18-8-6-17(7-9-18)23-21(26)14-16-15-22-20-5-3-2-4-19(16)20/h2-9,15,22H,10-14H2,1H3,(H,23,26). The number of sulfonamides is 1. The van der Waals surface area contributed by atoms with Crippen LogP contribution in [0.25, 0.3) is 10.9 Å². The van der Waals surface area contributed by atoms with Gasteiger partial charge in [0.25, 0.3) is 0 Å². The Balaban J connectivity index is 1.42. The van der Waals surface area contributed by atoms with Gasteiger partial charge in [-0.15, -0.1) is 0 Å². The van der Waals surface area contributed by atoms with E-state index in [1.54, 1.807) is 24.3 Å². The number of amides is 1. The molecule has 1 amide bonds. The molecule has 29 heavy (non-hydrogen) atoms. The highest BCUT2D eigenvalue weighted by Crippen LogP contribution is 2.21. The van der Waals surface area contributed by atoms with E-state index in [1.165, 1.54) is 4.31 Å². The molecule has 8 heteroatoms. The topological polar surface area (TPSA) is 85.5 Å². The number of carbonyl (C=O) groups is 1. The lowest BCUT2D eigenvalue weighted by Crippen LogP contribution is -2.46. The third-order valence-corrected chi connectivity index (χ3v) is 7.18. The van der Waals surface area contributed by atoms with Crippen molar-refractivity contribution in [2.24, 2.45) is 0 Å². The van der Waals surface area contributed by atoms with Crippen molar-refractivity contribution in [1.29, 1.82) is 0 Å². The zero-order chi connectivity index (χ0) is 20.4. The Labute approximate surface area is 170 Å². The summed E-state index contributed by atoms with van der Waals surface area (Å²) < 4.78 is 27.1. The molecule has 0 bridgehead atoms. The molecule has 3 aromatic rings. The summed E-state index contributed by atoms with van der Waals surface area (Å²) in [6.45, 7) is 2.42. The van der Waals surface area contributed by atoms with E-state index in [9.17, 15) is 13.2 Å². The first kappa shape index (κ1) is 19.6. The van der Waals surface area contributed by atoms with Gasteiger partial charge in [0.15, 0.2) is 0 Å². The molecule has 1 aromatic heterocycles. The number of hydrogen-bond donors (Lipinski definition) is 2. The molecule has 1 saturated heterocycles. The second kappa shape index (κ2) is 7.98. The van der Waals surface area contributed by atoms with Gasteiger partial charge in [-0.25, -0.2) is 8.42 Å². The monoisotopic (exact) mass is 412 g/mol. The van der Waals surface area contributed by atoms with Gasteiger partial charge < -0.3 is 15.2 Å². The summed E-state index contributed by atoms with van der Waals surface area (Å²) in [6.07, 6.45) is 2.08. The fraction of sp³-hybridized carbons (Fsp3) is 0.286. The van der Waals surface area contributed by atoms with Gasteiger partial charge >= 0.3 is 0 Å². The molecule has 2 N–H and O–H groups in total. The van der Waals surface area contributed by atoms with E-state index >= 15 is 0 Å². The highest BCUT2D eigenvalue weighted by Gasteiger charge is 2.27. The minimum absolute atomic E-state index is 0.149. The Kier molecular flexibility index (Phi) is 5.40. The maximum atomic E-state index is 12.8. The fourth-order valence-electron chi connectivity index (χ4n) is 3.54. The zero-order valence-electron chi connectivity index (χ0n) is 16.3. The second-order valence-corrected chi connectivity index (χ2v) is 9.25. The zero-order valence-corrected chi connectivity index (χ0v) is 17.1. The third kappa shape index (κ3) is 4.19. The smallest absolute Gasteiger partial charge is 0.243 e. The first-order valence-electron chi connectivity index (χ1n) is 9.57. The molecular weight excluding hydrogens is 388 g/mol. The SMILES string of the molecule is CN1CCN(S(=O)(=O)c2ccc(NC(=O)Cc3c[nH]c4ccccc34)cc2)CC1. The van der Waals surface area contributed by atoms with Crippen LogP contribution in [0.5, 0.6) is 0 Å². The number of carbonyl (C=O) groups excluding carboxylic acids is 1. The van der Waals surface area contributed by atoms with E-state index in [2.05, 4.69) is 15.2 Å². The van der Waals surface area contributed by atoms with E-state index in [4.69, 9.17) is 0 Å². The Morgan fingerprint density at radius 3 is 2.45 bits per heavy atom. The van der Waals surface area contributed by atoms with Gasteiger partial charge in [0.1, 0.15) is 0 Å². The fourth-order valence-corrected chi connectivity index (χ4v) is 4.97. The van der Waals surface area contributed by atoms with Crippen molar-refractivity contribution in [2.75, 3.05) is 38.5 Å². The van der Waals surface area contributed by atoms with Crippen molar-refractivity contribution >= 4 is 32.5 Å². The third-order valence-electron chi connectivity index (χ3n) is 5.26. The number of H-pyrrole nitrogens is 1. The van der Waals surface area contributed by atoms with Crippen molar-refractivity contribution < 1.29 is 13.2 Å². The second-order valence-electron chi connectivity index (χ2n) is 7.32. The molecule has 0 unspecified atom stereocenters. The summed E-state index contributed by atoms with van der Waals surface area (Å²) in [4.78, 5) is 17.9. The van der Waals surface area contributed by atoms with Crippen LogP contribution in [-0.4, -0.2) is 61.7 Å². The Bertz CT molecular complexity index is 1110. The van der Waals surface area contributed by atoms with Crippen molar-refractivity contribution in [3.8, 4) is 0 Å². The number of fused-ring (bicyclic) bond motifs is 1. The summed E-state index contributed by atoms with van der Waals surface area (Å²) in [6, 6.07) is 14.2. The quantitative estimate of drug-likeness (QED) is 0.673. The van der Waals surface area contributed by atoms with Crippen molar-refractivity contribution in [3.05, 3.63) is 60.3 Å². The van der Waals surface area contributed by atoms with Crippen LogP contribution in [0.4, 0.5) is 5.69 Å². The van der Waals surface area contributed by atoms with Crippen molar-refractivity contribution in [3.63, 3.8) is 0 Å². The summed E-state index contributed by atoms with van der Waals surface area (Å²) in [5, 5.41) is 3.87. The molecule has 1 fully saturated rings. The van der Waals surface area contributed by atoms with E-state index in [1.807, 2.05) is 37.5 Å². The molecule has 152 valence electrons. The van der Waals surface area contributed by atoms with Crippen molar-refractivity contribution in [1.82, 2.24) is 14.2 Å². The number of hydrogen-bond acceptors (Lipinski definition) is 4. The molecule has 2 heterocycles. The Morgan fingerprint density at radius 1 is 1.03 bits per heavy atom. The van der Waals surface area contributed by atoms with Crippen LogP contribution in [0.1, 0.15) is 5.56 Å². The lowest BCUT2D eigenvalue weighted by Gasteiger charge is -2.31. The van der Waals surface area contributed by atoms with E-state index in [-0.39, 0.29) is 17.2 Å². The number of aromatic amines is 1. The molecule has 0 radical (unpaired) electrons.